The molecule has 2 rings (SSSR count). The minimum Gasteiger partial charge on any atom is -0.475 e. The van der Waals surface area contributed by atoms with Crippen LogP contribution in [0.4, 0.5) is 0 Å². The molecule has 0 saturated carbocycles. The molecule has 0 bridgehead atoms. The normalized spacial score (nSPS) is 19.7. The lowest BCUT2D eigenvalue weighted by Crippen LogP contribution is -2.30. The molecule has 7 nitrogen and oxygen atoms in total. The quantitative estimate of drug-likeness (QED) is 0.787. The molecule has 1 aliphatic rings. The minimum atomic E-state index is -3.45. The van der Waals surface area contributed by atoms with Crippen molar-refractivity contribution in [3.05, 3.63) is 23.7 Å². The topological polar surface area (TPSA) is 106 Å². The highest BCUT2D eigenvalue weighted by molar-refractivity contribution is 7.89. The molecule has 106 valence electrons. The van der Waals surface area contributed by atoms with Crippen LogP contribution < -0.4 is 4.72 Å². The summed E-state index contributed by atoms with van der Waals surface area (Å²) in [7, 11) is -3.45. The molecule has 1 fully saturated rings. The zero-order chi connectivity index (χ0) is 13.9. The molecule has 0 spiro atoms. The fourth-order valence-corrected chi connectivity index (χ4v) is 3.31. The Bertz CT molecular complexity index is 543. The van der Waals surface area contributed by atoms with Gasteiger partial charge in [-0.2, -0.15) is 0 Å². The fraction of sp³-hybridized carbons (Fsp3) is 0.545. The highest BCUT2D eigenvalue weighted by Gasteiger charge is 2.23. The lowest BCUT2D eigenvalue weighted by molar-refractivity contribution is 0.0660. The summed E-state index contributed by atoms with van der Waals surface area (Å²) in [6.07, 6.45) is 1.95. The Labute approximate surface area is 110 Å². The number of nitrogens with one attached hydrogen (secondary N) is 1. The van der Waals surface area contributed by atoms with Crippen LogP contribution in [0.25, 0.3) is 0 Å². The molecular weight excluding hydrogens is 274 g/mol. The average molecular weight is 289 g/mol. The van der Waals surface area contributed by atoms with E-state index in [1.165, 1.54) is 12.3 Å². The van der Waals surface area contributed by atoms with Crippen LogP contribution in [0.5, 0.6) is 0 Å². The van der Waals surface area contributed by atoms with E-state index >= 15 is 0 Å². The molecule has 1 saturated heterocycles. The zero-order valence-corrected chi connectivity index (χ0v) is 11.0. The molecule has 2 N–H and O–H groups in total. The van der Waals surface area contributed by atoms with Crippen molar-refractivity contribution in [1.82, 2.24) is 4.72 Å². The van der Waals surface area contributed by atoms with Crippen LogP contribution in [0, 0.1) is 5.92 Å². The van der Waals surface area contributed by atoms with Gasteiger partial charge in [0.05, 0.1) is 18.6 Å². The van der Waals surface area contributed by atoms with Gasteiger partial charge in [0.25, 0.3) is 0 Å². The third-order valence-electron chi connectivity index (χ3n) is 2.90. The molecular formula is C11H15NO6S. The van der Waals surface area contributed by atoms with Crippen LogP contribution in [0.1, 0.15) is 22.5 Å². The summed E-state index contributed by atoms with van der Waals surface area (Å²) in [4.78, 5) is 10.8. The predicted octanol–water partition coefficient (Wildman–Crippen LogP) is 0.434. The van der Waals surface area contributed by atoms with Crippen molar-refractivity contribution in [3.8, 4) is 0 Å². The van der Waals surface area contributed by atoms with Crippen molar-refractivity contribution >= 4 is 16.0 Å². The number of rotatable bonds is 6. The first-order valence-electron chi connectivity index (χ1n) is 5.82. The number of sulfonamides is 1. The molecule has 1 aliphatic heterocycles. The van der Waals surface area contributed by atoms with Gasteiger partial charge in [-0.15, -0.1) is 0 Å². The van der Waals surface area contributed by atoms with E-state index in [4.69, 9.17) is 14.3 Å². The van der Waals surface area contributed by atoms with Gasteiger partial charge in [-0.1, -0.05) is 0 Å². The van der Waals surface area contributed by atoms with Crippen molar-refractivity contribution in [2.45, 2.75) is 13.0 Å². The number of carbonyl (C=O) groups is 1. The molecule has 8 heteroatoms. The Hall–Kier alpha value is -1.38. The van der Waals surface area contributed by atoms with Gasteiger partial charge in [0.1, 0.15) is 0 Å². The Morgan fingerprint density at radius 1 is 1.53 bits per heavy atom. The van der Waals surface area contributed by atoms with Crippen LogP contribution >= 0.6 is 0 Å². The molecule has 0 radical (unpaired) electrons. The largest absolute Gasteiger partial charge is 0.475 e. The van der Waals surface area contributed by atoms with Gasteiger partial charge in [-0.3, -0.25) is 0 Å². The maximum Gasteiger partial charge on any atom is 0.372 e. The monoisotopic (exact) mass is 289 g/mol. The van der Waals surface area contributed by atoms with E-state index in [9.17, 15) is 13.2 Å². The predicted molar refractivity (Wildman–Crippen MR) is 65.2 cm³/mol. The first kappa shape index (κ1) is 14.0. The van der Waals surface area contributed by atoms with Gasteiger partial charge in [-0.25, -0.2) is 17.9 Å². The van der Waals surface area contributed by atoms with E-state index < -0.39 is 16.0 Å². The van der Waals surface area contributed by atoms with Crippen LogP contribution in [0.2, 0.25) is 0 Å². The van der Waals surface area contributed by atoms with E-state index in [0.717, 1.165) is 6.42 Å². The number of aromatic carboxylic acids is 1. The number of ether oxygens (including phenoxy) is 1. The van der Waals surface area contributed by atoms with Gasteiger partial charge < -0.3 is 14.3 Å². The van der Waals surface area contributed by atoms with Gasteiger partial charge in [0.2, 0.25) is 15.8 Å². The van der Waals surface area contributed by atoms with Gasteiger partial charge in [0, 0.05) is 18.7 Å². The molecule has 1 aromatic heterocycles. The average Bonchev–Trinajstić information content (AvgIpc) is 2.95. The summed E-state index contributed by atoms with van der Waals surface area (Å²) < 4.78 is 35.9. The van der Waals surface area contributed by atoms with Gasteiger partial charge in [-0.05, 0) is 18.4 Å². The first-order valence-corrected chi connectivity index (χ1v) is 7.48. The van der Waals surface area contributed by atoms with Crippen molar-refractivity contribution in [3.63, 3.8) is 0 Å². The maximum absolute atomic E-state index is 11.8. The molecule has 2 heterocycles. The maximum atomic E-state index is 11.8. The van der Waals surface area contributed by atoms with Crippen molar-refractivity contribution < 1.29 is 27.5 Å². The van der Waals surface area contributed by atoms with Crippen molar-refractivity contribution in [1.29, 1.82) is 0 Å². The van der Waals surface area contributed by atoms with Crippen LogP contribution in [-0.2, 0) is 21.3 Å². The van der Waals surface area contributed by atoms with E-state index in [1.807, 2.05) is 0 Å². The number of hydrogen-bond acceptors (Lipinski definition) is 5. The smallest absolute Gasteiger partial charge is 0.372 e. The number of carboxylic acid groups (broad SMARTS) is 1. The lowest BCUT2D eigenvalue weighted by Gasteiger charge is -2.09. The standard InChI is InChI=1S/C11H15NO6S/c13-11(14)10-9(2-4-18-10)5-12-19(15,16)7-8-1-3-17-6-8/h2,4,8,12H,1,3,5-7H2,(H,13,14). The summed E-state index contributed by atoms with van der Waals surface area (Å²) in [5, 5.41) is 8.83. The third kappa shape index (κ3) is 3.79. The Morgan fingerprint density at radius 2 is 2.32 bits per heavy atom. The van der Waals surface area contributed by atoms with E-state index in [0.29, 0.717) is 18.8 Å². The lowest BCUT2D eigenvalue weighted by atomic mass is 10.2. The minimum absolute atomic E-state index is 0.000735. The van der Waals surface area contributed by atoms with Crippen LogP contribution in [-0.4, -0.2) is 38.5 Å². The van der Waals surface area contributed by atoms with Gasteiger partial charge in [0.15, 0.2) is 0 Å². The second-order valence-corrected chi connectivity index (χ2v) is 6.26. The highest BCUT2D eigenvalue weighted by atomic mass is 32.2. The van der Waals surface area contributed by atoms with Crippen molar-refractivity contribution in [2.24, 2.45) is 5.92 Å². The molecule has 1 atom stereocenters. The summed E-state index contributed by atoms with van der Waals surface area (Å²) >= 11 is 0. The molecule has 1 unspecified atom stereocenters. The number of hydrogen-bond donors (Lipinski definition) is 2. The van der Waals surface area contributed by atoms with Gasteiger partial charge >= 0.3 is 5.97 Å². The SMILES string of the molecule is O=C(O)c1occc1CNS(=O)(=O)CC1CCOC1. The summed E-state index contributed by atoms with van der Waals surface area (Å²) in [6.45, 7) is 0.951. The Kier molecular flexibility index (Phi) is 4.23. The first-order chi connectivity index (χ1) is 8.98. The van der Waals surface area contributed by atoms with Crippen LogP contribution in [0.15, 0.2) is 16.7 Å². The molecule has 1 aromatic rings. The molecule has 0 aliphatic carbocycles. The number of furan rings is 1. The summed E-state index contributed by atoms with van der Waals surface area (Å²) in [6, 6.07) is 1.44. The second kappa shape index (κ2) is 5.72. The molecule has 19 heavy (non-hydrogen) atoms. The highest BCUT2D eigenvalue weighted by Crippen LogP contribution is 2.15. The fourth-order valence-electron chi connectivity index (χ4n) is 1.93. The molecule has 0 amide bonds. The summed E-state index contributed by atoms with van der Waals surface area (Å²) in [5.41, 5.74) is 0.304. The van der Waals surface area contributed by atoms with E-state index in [1.54, 1.807) is 0 Å². The van der Waals surface area contributed by atoms with E-state index in [2.05, 4.69) is 4.72 Å². The molecule has 0 aromatic carbocycles. The van der Waals surface area contributed by atoms with Crippen LogP contribution in [0.3, 0.4) is 0 Å². The number of carboxylic acids is 1. The van der Waals surface area contributed by atoms with E-state index in [-0.39, 0.29) is 24.0 Å². The zero-order valence-electron chi connectivity index (χ0n) is 10.2. The summed E-state index contributed by atoms with van der Waals surface area (Å²) in [5.74, 6) is -1.47. The second-order valence-electron chi connectivity index (χ2n) is 4.41. The Morgan fingerprint density at radius 3 is 2.95 bits per heavy atom. The van der Waals surface area contributed by atoms with Crippen molar-refractivity contribution in [2.75, 3.05) is 19.0 Å². The third-order valence-corrected chi connectivity index (χ3v) is 4.40. The Balaban J connectivity index is 1.93.